The summed E-state index contributed by atoms with van der Waals surface area (Å²) in [5.41, 5.74) is 3.38. The molecule has 0 bridgehead atoms. The van der Waals surface area contributed by atoms with Gasteiger partial charge in [0.05, 0.1) is 5.56 Å². The summed E-state index contributed by atoms with van der Waals surface area (Å²) in [6.45, 7) is -0.307. The van der Waals surface area contributed by atoms with Crippen molar-refractivity contribution in [2.24, 2.45) is 5.73 Å². The molecular weight excluding hydrogens is 185 g/mol. The van der Waals surface area contributed by atoms with Crippen LogP contribution < -0.4 is 11.3 Å². The van der Waals surface area contributed by atoms with E-state index in [0.717, 1.165) is 6.07 Å². The first-order valence-electron chi connectivity index (χ1n) is 3.44. The smallest absolute Gasteiger partial charge is 0.328 e. The molecular formula is C7H7F3N2O. The molecule has 1 heterocycles. The minimum absolute atomic E-state index is 0.198. The first-order chi connectivity index (χ1) is 5.95. The highest BCUT2D eigenvalue weighted by Gasteiger charge is 2.33. The van der Waals surface area contributed by atoms with E-state index in [1.807, 2.05) is 4.98 Å². The molecule has 0 aliphatic rings. The van der Waals surface area contributed by atoms with Crippen LogP contribution in [0.25, 0.3) is 0 Å². The Morgan fingerprint density at radius 3 is 2.54 bits per heavy atom. The zero-order chi connectivity index (χ0) is 10.1. The van der Waals surface area contributed by atoms with Crippen molar-refractivity contribution < 1.29 is 13.2 Å². The number of aromatic nitrogens is 1. The summed E-state index contributed by atoms with van der Waals surface area (Å²) in [7, 11) is 0. The fraction of sp³-hybridized carbons (Fsp3) is 0.286. The van der Waals surface area contributed by atoms with Gasteiger partial charge in [-0.3, -0.25) is 4.79 Å². The number of halogens is 3. The predicted octanol–water partition coefficient (Wildman–Crippen LogP) is 0.852. The van der Waals surface area contributed by atoms with Crippen LogP contribution in [-0.4, -0.2) is 4.98 Å². The van der Waals surface area contributed by atoms with E-state index in [2.05, 4.69) is 0 Å². The van der Waals surface area contributed by atoms with Gasteiger partial charge in [-0.05, 0) is 5.56 Å². The van der Waals surface area contributed by atoms with Crippen molar-refractivity contribution in [1.82, 2.24) is 4.98 Å². The minimum Gasteiger partial charge on any atom is -0.328 e. The zero-order valence-corrected chi connectivity index (χ0v) is 6.48. The lowest BCUT2D eigenvalue weighted by Gasteiger charge is -2.09. The summed E-state index contributed by atoms with van der Waals surface area (Å²) in [4.78, 5) is 12.6. The van der Waals surface area contributed by atoms with Crippen molar-refractivity contribution in [3.8, 4) is 0 Å². The van der Waals surface area contributed by atoms with Gasteiger partial charge < -0.3 is 10.7 Å². The molecule has 0 radical (unpaired) electrons. The van der Waals surface area contributed by atoms with Gasteiger partial charge in [0.2, 0.25) is 5.56 Å². The van der Waals surface area contributed by atoms with Crippen LogP contribution in [0.2, 0.25) is 0 Å². The molecule has 13 heavy (non-hydrogen) atoms. The first kappa shape index (κ1) is 9.79. The number of hydrogen-bond donors (Lipinski definition) is 2. The summed E-state index contributed by atoms with van der Waals surface area (Å²) in [5, 5.41) is 0. The van der Waals surface area contributed by atoms with Crippen molar-refractivity contribution >= 4 is 0 Å². The molecule has 0 amide bonds. The van der Waals surface area contributed by atoms with E-state index in [4.69, 9.17) is 5.73 Å². The quantitative estimate of drug-likeness (QED) is 0.693. The lowest BCUT2D eigenvalue weighted by atomic mass is 10.1. The number of nitrogens with two attached hydrogens (primary N) is 1. The van der Waals surface area contributed by atoms with E-state index in [0.29, 0.717) is 6.20 Å². The normalized spacial score (nSPS) is 11.7. The van der Waals surface area contributed by atoms with Crippen molar-refractivity contribution in [2.45, 2.75) is 12.7 Å². The van der Waals surface area contributed by atoms with Gasteiger partial charge in [0.15, 0.2) is 0 Å². The van der Waals surface area contributed by atoms with Gasteiger partial charge in [-0.1, -0.05) is 0 Å². The largest absolute Gasteiger partial charge is 0.418 e. The van der Waals surface area contributed by atoms with E-state index >= 15 is 0 Å². The lowest BCUT2D eigenvalue weighted by molar-refractivity contribution is -0.138. The maximum Gasteiger partial charge on any atom is 0.418 e. The minimum atomic E-state index is -4.47. The second-order valence-corrected chi connectivity index (χ2v) is 2.44. The number of aromatic amines is 1. The highest BCUT2D eigenvalue weighted by atomic mass is 19.4. The van der Waals surface area contributed by atoms with Crippen molar-refractivity contribution in [2.75, 3.05) is 0 Å². The van der Waals surface area contributed by atoms with Crippen LogP contribution in [0, 0.1) is 0 Å². The number of H-pyrrole nitrogens is 1. The number of nitrogens with one attached hydrogen (secondary N) is 1. The van der Waals surface area contributed by atoms with E-state index in [1.165, 1.54) is 0 Å². The van der Waals surface area contributed by atoms with Crippen LogP contribution in [0.3, 0.4) is 0 Å². The Morgan fingerprint density at radius 2 is 2.08 bits per heavy atom. The van der Waals surface area contributed by atoms with Gasteiger partial charge in [-0.25, -0.2) is 0 Å². The SMILES string of the molecule is NCc1cc(=O)[nH]cc1C(F)(F)F. The standard InChI is InChI=1S/C7H7F3N2O/c8-7(9,10)5-3-12-6(13)1-4(5)2-11/h1,3H,2,11H2,(H,12,13). The van der Waals surface area contributed by atoms with Gasteiger partial charge in [-0.15, -0.1) is 0 Å². The lowest BCUT2D eigenvalue weighted by Crippen LogP contribution is -2.17. The topological polar surface area (TPSA) is 58.9 Å². The van der Waals surface area contributed by atoms with Crippen LogP contribution in [0.1, 0.15) is 11.1 Å². The molecule has 6 heteroatoms. The van der Waals surface area contributed by atoms with Gasteiger partial charge >= 0.3 is 6.18 Å². The number of pyridine rings is 1. The Kier molecular flexibility index (Phi) is 2.42. The van der Waals surface area contributed by atoms with Crippen LogP contribution in [0.4, 0.5) is 13.2 Å². The molecule has 3 nitrogen and oxygen atoms in total. The summed E-state index contributed by atoms with van der Waals surface area (Å²) >= 11 is 0. The van der Waals surface area contributed by atoms with Crippen molar-refractivity contribution in [1.29, 1.82) is 0 Å². The highest BCUT2D eigenvalue weighted by molar-refractivity contribution is 5.25. The highest BCUT2D eigenvalue weighted by Crippen LogP contribution is 2.30. The third kappa shape index (κ3) is 2.09. The summed E-state index contributed by atoms with van der Waals surface area (Å²) in [6, 6.07) is 0.850. The molecule has 0 aliphatic carbocycles. The Labute approximate surface area is 71.4 Å². The third-order valence-corrected chi connectivity index (χ3v) is 1.54. The average Bonchev–Trinajstić information content (AvgIpc) is 2.01. The molecule has 0 saturated carbocycles. The fourth-order valence-corrected chi connectivity index (χ4v) is 0.946. The molecule has 1 rings (SSSR count). The molecule has 1 aromatic rings. The molecule has 0 aromatic carbocycles. The van der Waals surface area contributed by atoms with Gasteiger partial charge in [0, 0.05) is 18.8 Å². The van der Waals surface area contributed by atoms with E-state index in [9.17, 15) is 18.0 Å². The molecule has 72 valence electrons. The molecule has 0 unspecified atom stereocenters. The third-order valence-electron chi connectivity index (χ3n) is 1.54. The van der Waals surface area contributed by atoms with Gasteiger partial charge in [0.1, 0.15) is 0 Å². The van der Waals surface area contributed by atoms with Crippen molar-refractivity contribution in [3.05, 3.63) is 33.7 Å². The van der Waals surface area contributed by atoms with Crippen LogP contribution in [-0.2, 0) is 12.7 Å². The van der Waals surface area contributed by atoms with E-state index in [1.54, 1.807) is 0 Å². The first-order valence-corrected chi connectivity index (χ1v) is 3.44. The summed E-state index contributed by atoms with van der Waals surface area (Å²) < 4.78 is 36.6. The van der Waals surface area contributed by atoms with Crippen LogP contribution >= 0.6 is 0 Å². The van der Waals surface area contributed by atoms with Gasteiger partial charge in [-0.2, -0.15) is 13.2 Å². The summed E-state index contributed by atoms with van der Waals surface area (Å²) in [6.07, 6.45) is -3.84. The van der Waals surface area contributed by atoms with Gasteiger partial charge in [0.25, 0.3) is 0 Å². The second kappa shape index (κ2) is 3.21. The molecule has 0 aliphatic heterocycles. The van der Waals surface area contributed by atoms with Crippen molar-refractivity contribution in [3.63, 3.8) is 0 Å². The average molecular weight is 192 g/mol. The molecule has 0 spiro atoms. The molecule has 0 atom stereocenters. The summed E-state index contributed by atoms with van der Waals surface area (Å²) in [5.74, 6) is 0. The molecule has 0 saturated heterocycles. The second-order valence-electron chi connectivity index (χ2n) is 2.44. The number of alkyl halides is 3. The Hall–Kier alpha value is -1.30. The zero-order valence-electron chi connectivity index (χ0n) is 6.48. The predicted molar refractivity (Wildman–Crippen MR) is 40.0 cm³/mol. The fourth-order valence-electron chi connectivity index (χ4n) is 0.946. The number of rotatable bonds is 1. The Bertz CT molecular complexity index is 355. The van der Waals surface area contributed by atoms with Crippen LogP contribution in [0.5, 0.6) is 0 Å². The van der Waals surface area contributed by atoms with E-state index in [-0.39, 0.29) is 12.1 Å². The monoisotopic (exact) mass is 192 g/mol. The molecule has 1 aromatic heterocycles. The van der Waals surface area contributed by atoms with E-state index < -0.39 is 17.3 Å². The molecule has 3 N–H and O–H groups in total. The maximum absolute atomic E-state index is 12.2. The number of hydrogen-bond acceptors (Lipinski definition) is 2. The molecule has 0 fully saturated rings. The van der Waals surface area contributed by atoms with Crippen LogP contribution in [0.15, 0.2) is 17.1 Å². The maximum atomic E-state index is 12.2. The Balaban J connectivity index is 3.30. The Morgan fingerprint density at radius 1 is 1.46 bits per heavy atom.